The molecular formula is C17H23NO5. The molecular weight excluding hydrogens is 298 g/mol. The van der Waals surface area contributed by atoms with E-state index in [0.717, 1.165) is 12.0 Å². The van der Waals surface area contributed by atoms with Gasteiger partial charge in [0.25, 0.3) is 5.91 Å². The molecule has 1 unspecified atom stereocenters. The van der Waals surface area contributed by atoms with E-state index in [4.69, 9.17) is 19.9 Å². The zero-order chi connectivity index (χ0) is 17.2. The van der Waals surface area contributed by atoms with Crippen molar-refractivity contribution in [3.8, 4) is 11.5 Å². The fourth-order valence-electron chi connectivity index (χ4n) is 1.66. The Hall–Kier alpha value is -2.50. The van der Waals surface area contributed by atoms with Crippen LogP contribution in [0.2, 0.25) is 0 Å². The molecule has 126 valence electrons. The van der Waals surface area contributed by atoms with Crippen molar-refractivity contribution in [2.24, 2.45) is 5.73 Å². The van der Waals surface area contributed by atoms with Crippen LogP contribution >= 0.6 is 0 Å². The average Bonchev–Trinajstić information content (AvgIpc) is 2.52. The third kappa shape index (κ3) is 6.42. The third-order valence-corrected chi connectivity index (χ3v) is 2.83. The molecule has 0 aromatic heterocycles. The molecule has 0 saturated heterocycles. The summed E-state index contributed by atoms with van der Waals surface area (Å²) in [4.78, 5) is 22.4. The standard InChI is InChI=1S/C17H23NO5/c1-4-10-22-14-8-6-13(11-15(14)21-5-2)7-9-16(19)23-12(3)17(18)20/h6-9,11-12H,4-5,10H2,1-3H3,(H2,18,20)/b9-7+. The lowest BCUT2D eigenvalue weighted by Crippen LogP contribution is -2.29. The first-order valence-electron chi connectivity index (χ1n) is 7.55. The molecule has 0 bridgehead atoms. The predicted octanol–water partition coefficient (Wildman–Crippen LogP) is 2.30. The summed E-state index contributed by atoms with van der Waals surface area (Å²) in [6.45, 7) is 6.44. The molecule has 6 nitrogen and oxygen atoms in total. The molecule has 0 fully saturated rings. The minimum absolute atomic E-state index is 0.508. The van der Waals surface area contributed by atoms with E-state index in [9.17, 15) is 9.59 Å². The van der Waals surface area contributed by atoms with E-state index in [1.54, 1.807) is 24.3 Å². The van der Waals surface area contributed by atoms with E-state index in [-0.39, 0.29) is 0 Å². The number of nitrogens with two attached hydrogens (primary N) is 1. The zero-order valence-electron chi connectivity index (χ0n) is 13.7. The van der Waals surface area contributed by atoms with Crippen LogP contribution < -0.4 is 15.2 Å². The molecule has 0 aliphatic carbocycles. The van der Waals surface area contributed by atoms with E-state index in [1.165, 1.54) is 13.0 Å². The smallest absolute Gasteiger partial charge is 0.331 e. The van der Waals surface area contributed by atoms with Crippen LogP contribution in [0.5, 0.6) is 11.5 Å². The fourth-order valence-corrected chi connectivity index (χ4v) is 1.66. The number of hydrogen-bond donors (Lipinski definition) is 1. The first-order chi connectivity index (χ1) is 11.0. The number of hydrogen-bond acceptors (Lipinski definition) is 5. The molecule has 0 aliphatic heterocycles. The maximum absolute atomic E-state index is 11.6. The van der Waals surface area contributed by atoms with Gasteiger partial charge in [-0.05, 0) is 44.0 Å². The Morgan fingerprint density at radius 1 is 1.22 bits per heavy atom. The molecule has 1 aromatic carbocycles. The van der Waals surface area contributed by atoms with Crippen LogP contribution in [0, 0.1) is 0 Å². The highest BCUT2D eigenvalue weighted by Crippen LogP contribution is 2.29. The van der Waals surface area contributed by atoms with Gasteiger partial charge in [-0.2, -0.15) is 0 Å². The van der Waals surface area contributed by atoms with Crippen LogP contribution in [-0.2, 0) is 14.3 Å². The van der Waals surface area contributed by atoms with Crippen LogP contribution in [0.3, 0.4) is 0 Å². The van der Waals surface area contributed by atoms with Crippen LogP contribution in [0.25, 0.3) is 6.08 Å². The summed E-state index contributed by atoms with van der Waals surface area (Å²) in [5.41, 5.74) is 5.78. The first kappa shape index (κ1) is 18.5. The Morgan fingerprint density at radius 3 is 2.57 bits per heavy atom. The molecule has 1 amide bonds. The SMILES string of the molecule is CCCOc1ccc(/C=C/C(=O)OC(C)C(N)=O)cc1OCC. The van der Waals surface area contributed by atoms with Gasteiger partial charge in [0.2, 0.25) is 0 Å². The Labute approximate surface area is 136 Å². The number of rotatable bonds is 9. The molecule has 0 saturated carbocycles. The number of ether oxygens (including phenoxy) is 3. The topological polar surface area (TPSA) is 87.9 Å². The number of benzene rings is 1. The van der Waals surface area contributed by atoms with Gasteiger partial charge >= 0.3 is 5.97 Å². The molecule has 0 spiro atoms. The summed E-state index contributed by atoms with van der Waals surface area (Å²) in [5.74, 6) is -0.0545. The predicted molar refractivity (Wildman–Crippen MR) is 87.2 cm³/mol. The maximum atomic E-state index is 11.6. The first-order valence-corrected chi connectivity index (χ1v) is 7.55. The number of esters is 1. The van der Waals surface area contributed by atoms with Crippen molar-refractivity contribution < 1.29 is 23.8 Å². The van der Waals surface area contributed by atoms with Gasteiger partial charge < -0.3 is 19.9 Å². The monoisotopic (exact) mass is 321 g/mol. The van der Waals surface area contributed by atoms with Crippen LogP contribution in [-0.4, -0.2) is 31.2 Å². The quantitative estimate of drug-likeness (QED) is 0.557. The summed E-state index contributed by atoms with van der Waals surface area (Å²) in [7, 11) is 0. The Balaban J connectivity index is 2.79. The summed E-state index contributed by atoms with van der Waals surface area (Å²) in [5, 5.41) is 0. The normalized spacial score (nSPS) is 12.0. The zero-order valence-corrected chi connectivity index (χ0v) is 13.7. The number of carbonyl (C=O) groups excluding carboxylic acids is 2. The lowest BCUT2D eigenvalue weighted by Gasteiger charge is -2.12. The van der Waals surface area contributed by atoms with Gasteiger partial charge in [-0.15, -0.1) is 0 Å². The summed E-state index contributed by atoms with van der Waals surface area (Å²) in [6, 6.07) is 5.36. The summed E-state index contributed by atoms with van der Waals surface area (Å²) in [6.07, 6.45) is 2.74. The van der Waals surface area contributed by atoms with Gasteiger partial charge in [-0.3, -0.25) is 4.79 Å². The van der Waals surface area contributed by atoms with Gasteiger partial charge in [0.15, 0.2) is 17.6 Å². The fraction of sp³-hybridized carbons (Fsp3) is 0.412. The minimum atomic E-state index is -0.962. The Kier molecular flexibility index (Phi) is 7.66. The highest BCUT2D eigenvalue weighted by molar-refractivity contribution is 5.90. The number of carbonyl (C=O) groups is 2. The Bertz CT molecular complexity index is 568. The van der Waals surface area contributed by atoms with Crippen molar-refractivity contribution in [3.63, 3.8) is 0 Å². The van der Waals surface area contributed by atoms with Crippen molar-refractivity contribution in [1.29, 1.82) is 0 Å². The molecule has 1 aromatic rings. The second-order valence-corrected chi connectivity index (χ2v) is 4.80. The molecule has 0 aliphatic rings. The second-order valence-electron chi connectivity index (χ2n) is 4.80. The Morgan fingerprint density at radius 2 is 1.96 bits per heavy atom. The van der Waals surface area contributed by atoms with Gasteiger partial charge in [-0.1, -0.05) is 13.0 Å². The van der Waals surface area contributed by atoms with Gasteiger partial charge in [0.1, 0.15) is 0 Å². The van der Waals surface area contributed by atoms with Crippen molar-refractivity contribution in [2.45, 2.75) is 33.3 Å². The average molecular weight is 321 g/mol. The van der Waals surface area contributed by atoms with Gasteiger partial charge in [0.05, 0.1) is 13.2 Å². The van der Waals surface area contributed by atoms with Gasteiger partial charge in [0, 0.05) is 6.08 Å². The molecule has 0 heterocycles. The molecule has 6 heteroatoms. The summed E-state index contributed by atoms with van der Waals surface area (Å²) < 4.78 is 16.0. The summed E-state index contributed by atoms with van der Waals surface area (Å²) >= 11 is 0. The molecule has 0 radical (unpaired) electrons. The van der Waals surface area contributed by atoms with Crippen LogP contribution in [0.1, 0.15) is 32.8 Å². The van der Waals surface area contributed by atoms with E-state index >= 15 is 0 Å². The minimum Gasteiger partial charge on any atom is -0.490 e. The van der Waals surface area contributed by atoms with E-state index < -0.39 is 18.0 Å². The molecule has 1 rings (SSSR count). The van der Waals surface area contributed by atoms with Crippen molar-refractivity contribution >= 4 is 18.0 Å². The van der Waals surface area contributed by atoms with E-state index in [2.05, 4.69) is 0 Å². The van der Waals surface area contributed by atoms with E-state index in [0.29, 0.717) is 24.7 Å². The lowest BCUT2D eigenvalue weighted by atomic mass is 10.2. The number of amides is 1. The van der Waals surface area contributed by atoms with Crippen LogP contribution in [0.4, 0.5) is 0 Å². The third-order valence-electron chi connectivity index (χ3n) is 2.83. The largest absolute Gasteiger partial charge is 0.490 e. The van der Waals surface area contributed by atoms with Crippen molar-refractivity contribution in [1.82, 2.24) is 0 Å². The van der Waals surface area contributed by atoms with Crippen molar-refractivity contribution in [2.75, 3.05) is 13.2 Å². The highest BCUT2D eigenvalue weighted by atomic mass is 16.5. The molecule has 23 heavy (non-hydrogen) atoms. The second kappa shape index (κ2) is 9.50. The van der Waals surface area contributed by atoms with Crippen LogP contribution in [0.15, 0.2) is 24.3 Å². The number of primary amides is 1. The lowest BCUT2D eigenvalue weighted by molar-refractivity contribution is -0.148. The maximum Gasteiger partial charge on any atom is 0.331 e. The molecule has 1 atom stereocenters. The van der Waals surface area contributed by atoms with E-state index in [1.807, 2.05) is 13.8 Å². The highest BCUT2D eigenvalue weighted by Gasteiger charge is 2.12. The van der Waals surface area contributed by atoms with Gasteiger partial charge in [-0.25, -0.2) is 4.79 Å². The molecule has 2 N–H and O–H groups in total. The van der Waals surface area contributed by atoms with Crippen molar-refractivity contribution in [3.05, 3.63) is 29.8 Å².